The van der Waals surface area contributed by atoms with Crippen molar-refractivity contribution in [2.45, 2.75) is 44.1 Å². The number of benzene rings is 1. The van der Waals surface area contributed by atoms with Gasteiger partial charge in [0.2, 0.25) is 15.9 Å². The van der Waals surface area contributed by atoms with Crippen molar-refractivity contribution in [3.05, 3.63) is 35.9 Å². The topological polar surface area (TPSA) is 86.7 Å². The minimum absolute atomic E-state index is 0.157. The molecule has 1 atom stereocenters. The van der Waals surface area contributed by atoms with E-state index in [4.69, 9.17) is 0 Å². The lowest BCUT2D eigenvalue weighted by Gasteiger charge is -2.33. The van der Waals surface area contributed by atoms with E-state index in [1.807, 2.05) is 6.07 Å². The third-order valence-electron chi connectivity index (χ3n) is 4.03. The van der Waals surface area contributed by atoms with E-state index in [-0.39, 0.29) is 24.2 Å². The summed E-state index contributed by atoms with van der Waals surface area (Å²) in [5.41, 5.74) is -0.322. The maximum atomic E-state index is 12.3. The van der Waals surface area contributed by atoms with Crippen molar-refractivity contribution in [2.24, 2.45) is 0 Å². The third kappa shape index (κ3) is 5.02. The summed E-state index contributed by atoms with van der Waals surface area (Å²) >= 11 is 0. The molecule has 1 saturated heterocycles. The van der Waals surface area contributed by atoms with E-state index < -0.39 is 15.6 Å². The Morgan fingerprint density at radius 1 is 1.35 bits per heavy atom. The SMILES string of the molecule is CC(C)(O)[C@@H]1CCCN1C(=O)CNS(=O)(=O)Cc1ccccc1. The van der Waals surface area contributed by atoms with Crippen LogP contribution in [-0.2, 0) is 20.6 Å². The summed E-state index contributed by atoms with van der Waals surface area (Å²) in [6.45, 7) is 3.61. The maximum absolute atomic E-state index is 12.3. The van der Waals surface area contributed by atoms with Crippen LogP contribution in [-0.4, -0.2) is 49.1 Å². The van der Waals surface area contributed by atoms with E-state index in [9.17, 15) is 18.3 Å². The molecule has 0 aromatic heterocycles. The van der Waals surface area contributed by atoms with Gasteiger partial charge < -0.3 is 10.0 Å². The van der Waals surface area contributed by atoms with Gasteiger partial charge in [0, 0.05) is 6.54 Å². The fourth-order valence-corrected chi connectivity index (χ4v) is 3.99. The van der Waals surface area contributed by atoms with E-state index in [0.29, 0.717) is 12.1 Å². The molecule has 1 aliphatic heterocycles. The molecule has 2 N–H and O–H groups in total. The Labute approximate surface area is 137 Å². The van der Waals surface area contributed by atoms with Gasteiger partial charge in [-0.2, -0.15) is 0 Å². The highest BCUT2D eigenvalue weighted by atomic mass is 32.2. The number of hydrogen-bond acceptors (Lipinski definition) is 4. The summed E-state index contributed by atoms with van der Waals surface area (Å²) in [7, 11) is -3.57. The van der Waals surface area contributed by atoms with Gasteiger partial charge in [0.25, 0.3) is 0 Å². The zero-order valence-electron chi connectivity index (χ0n) is 13.5. The van der Waals surface area contributed by atoms with Crippen molar-refractivity contribution >= 4 is 15.9 Å². The second kappa shape index (κ2) is 6.98. The first-order valence-electron chi connectivity index (χ1n) is 7.72. The molecular formula is C16H24N2O4S. The van der Waals surface area contributed by atoms with Gasteiger partial charge in [-0.3, -0.25) is 4.79 Å². The molecule has 1 amide bonds. The Morgan fingerprint density at radius 3 is 2.61 bits per heavy atom. The molecule has 2 rings (SSSR count). The summed E-state index contributed by atoms with van der Waals surface area (Å²) in [5.74, 6) is -0.456. The molecule has 7 heteroatoms. The lowest BCUT2D eigenvalue weighted by atomic mass is 9.97. The van der Waals surface area contributed by atoms with Gasteiger partial charge in [-0.1, -0.05) is 30.3 Å². The molecule has 0 aliphatic carbocycles. The van der Waals surface area contributed by atoms with Crippen molar-refractivity contribution in [1.29, 1.82) is 0 Å². The first-order chi connectivity index (χ1) is 10.7. The van der Waals surface area contributed by atoms with Crippen molar-refractivity contribution < 1.29 is 18.3 Å². The lowest BCUT2D eigenvalue weighted by molar-refractivity contribution is -0.135. The quantitative estimate of drug-likeness (QED) is 0.804. The number of aliphatic hydroxyl groups is 1. The molecule has 1 aromatic carbocycles. The summed E-state index contributed by atoms with van der Waals surface area (Å²) in [6, 6.07) is 8.55. The van der Waals surface area contributed by atoms with Crippen LogP contribution in [0.1, 0.15) is 32.3 Å². The molecular weight excluding hydrogens is 316 g/mol. The summed E-state index contributed by atoms with van der Waals surface area (Å²) < 4.78 is 26.5. The number of likely N-dealkylation sites (tertiary alicyclic amines) is 1. The van der Waals surface area contributed by atoms with Crippen LogP contribution in [0.2, 0.25) is 0 Å². The second-order valence-electron chi connectivity index (χ2n) is 6.46. The van der Waals surface area contributed by atoms with Gasteiger partial charge in [0.05, 0.1) is 23.9 Å². The van der Waals surface area contributed by atoms with Crippen LogP contribution in [0.5, 0.6) is 0 Å². The predicted molar refractivity (Wildman–Crippen MR) is 88.1 cm³/mol. The molecule has 1 heterocycles. The van der Waals surface area contributed by atoms with Gasteiger partial charge in [0.15, 0.2) is 0 Å². The largest absolute Gasteiger partial charge is 0.388 e. The molecule has 0 spiro atoms. The number of sulfonamides is 1. The van der Waals surface area contributed by atoms with Gasteiger partial charge in [-0.15, -0.1) is 0 Å². The van der Waals surface area contributed by atoms with E-state index in [1.165, 1.54) is 0 Å². The summed E-state index contributed by atoms with van der Waals surface area (Å²) in [5, 5.41) is 10.1. The molecule has 128 valence electrons. The van der Waals surface area contributed by atoms with Crippen LogP contribution in [0.4, 0.5) is 0 Å². The molecule has 6 nitrogen and oxygen atoms in total. The van der Waals surface area contributed by atoms with E-state index in [1.54, 1.807) is 43.0 Å². The predicted octanol–water partition coefficient (Wildman–Crippen LogP) is 0.868. The monoisotopic (exact) mass is 340 g/mol. The standard InChI is InChI=1S/C16H24N2O4S/c1-16(2,20)14-9-6-10-18(14)15(19)11-17-23(21,22)12-13-7-4-3-5-8-13/h3-5,7-8,14,17,20H,6,9-12H2,1-2H3/t14-/m0/s1. The average Bonchev–Trinajstić information content (AvgIpc) is 2.95. The van der Waals surface area contributed by atoms with Crippen molar-refractivity contribution in [2.75, 3.05) is 13.1 Å². The van der Waals surface area contributed by atoms with Crippen LogP contribution >= 0.6 is 0 Å². The maximum Gasteiger partial charge on any atom is 0.237 e. The Kier molecular flexibility index (Phi) is 5.44. The van der Waals surface area contributed by atoms with Gasteiger partial charge >= 0.3 is 0 Å². The van der Waals surface area contributed by atoms with Crippen molar-refractivity contribution in [3.63, 3.8) is 0 Å². The molecule has 0 saturated carbocycles. The summed E-state index contributed by atoms with van der Waals surface area (Å²) in [4.78, 5) is 13.9. The van der Waals surface area contributed by atoms with Crippen LogP contribution in [0, 0.1) is 0 Å². The number of rotatable bonds is 6. The number of carbonyl (C=O) groups is 1. The van der Waals surface area contributed by atoms with Gasteiger partial charge in [0.1, 0.15) is 0 Å². The Balaban J connectivity index is 1.93. The zero-order valence-corrected chi connectivity index (χ0v) is 14.3. The molecule has 23 heavy (non-hydrogen) atoms. The summed E-state index contributed by atoms with van der Waals surface area (Å²) in [6.07, 6.45) is 1.54. The van der Waals surface area contributed by atoms with Crippen molar-refractivity contribution in [3.8, 4) is 0 Å². The number of nitrogens with zero attached hydrogens (tertiary/aromatic N) is 1. The number of nitrogens with one attached hydrogen (secondary N) is 1. The van der Waals surface area contributed by atoms with Crippen LogP contribution in [0.25, 0.3) is 0 Å². The number of amides is 1. The highest BCUT2D eigenvalue weighted by Crippen LogP contribution is 2.26. The number of carbonyl (C=O) groups excluding carboxylic acids is 1. The fourth-order valence-electron chi connectivity index (χ4n) is 2.92. The van der Waals surface area contributed by atoms with Crippen molar-refractivity contribution in [1.82, 2.24) is 9.62 Å². The highest BCUT2D eigenvalue weighted by molar-refractivity contribution is 7.88. The Morgan fingerprint density at radius 2 is 2.00 bits per heavy atom. The minimum atomic E-state index is -3.57. The van der Waals surface area contributed by atoms with Crippen LogP contribution in [0.15, 0.2) is 30.3 Å². The molecule has 1 aromatic rings. The van der Waals surface area contributed by atoms with Crippen LogP contribution in [0.3, 0.4) is 0 Å². The first-order valence-corrected chi connectivity index (χ1v) is 9.37. The van der Waals surface area contributed by atoms with E-state index >= 15 is 0 Å². The molecule has 0 radical (unpaired) electrons. The Hall–Kier alpha value is -1.44. The normalized spacial score (nSPS) is 19.1. The third-order valence-corrected chi connectivity index (χ3v) is 5.33. The zero-order chi connectivity index (χ0) is 17.1. The lowest BCUT2D eigenvalue weighted by Crippen LogP contribution is -2.50. The van der Waals surface area contributed by atoms with Gasteiger partial charge in [-0.25, -0.2) is 13.1 Å². The minimum Gasteiger partial charge on any atom is -0.388 e. The fraction of sp³-hybridized carbons (Fsp3) is 0.562. The molecule has 1 fully saturated rings. The number of hydrogen-bond donors (Lipinski definition) is 2. The van der Waals surface area contributed by atoms with Crippen LogP contribution < -0.4 is 4.72 Å². The van der Waals surface area contributed by atoms with Gasteiger partial charge in [-0.05, 0) is 32.3 Å². The first kappa shape index (κ1) is 17.9. The highest BCUT2D eigenvalue weighted by Gasteiger charge is 2.38. The van der Waals surface area contributed by atoms with E-state index in [2.05, 4.69) is 4.72 Å². The molecule has 0 bridgehead atoms. The average molecular weight is 340 g/mol. The molecule has 0 unspecified atom stereocenters. The van der Waals surface area contributed by atoms with E-state index in [0.717, 1.165) is 12.8 Å². The molecule has 1 aliphatic rings. The Bertz CT molecular complexity index is 638. The smallest absolute Gasteiger partial charge is 0.237 e. The second-order valence-corrected chi connectivity index (χ2v) is 8.27.